The molecule has 0 aliphatic rings. The quantitative estimate of drug-likeness (QED) is 0.142. The number of nitrogens with two attached hydrogens (primary N) is 2. The van der Waals surface area contributed by atoms with Gasteiger partial charge in [-0.2, -0.15) is 8.42 Å². The van der Waals surface area contributed by atoms with Gasteiger partial charge in [-0.3, -0.25) is 20.1 Å². The molecule has 0 saturated heterocycles. The van der Waals surface area contributed by atoms with Crippen molar-refractivity contribution in [2.75, 3.05) is 18.0 Å². The topological polar surface area (TPSA) is 206 Å². The number of hydrogen-bond acceptors (Lipinski definition) is 9. The van der Waals surface area contributed by atoms with Crippen LogP contribution >= 0.6 is 11.6 Å². The van der Waals surface area contributed by atoms with Crippen LogP contribution in [0, 0.1) is 5.41 Å². The second-order valence-corrected chi connectivity index (χ2v) is 7.38. The first-order valence-corrected chi connectivity index (χ1v) is 10.3. The number of unbranched alkanes of at least 4 members (excludes halogenated alkanes) is 1. The number of aromatic nitrogens is 2. The van der Waals surface area contributed by atoms with E-state index in [9.17, 15) is 13.2 Å². The predicted molar refractivity (Wildman–Crippen MR) is 111 cm³/mol. The Morgan fingerprint density at radius 3 is 2.47 bits per heavy atom. The van der Waals surface area contributed by atoms with Crippen LogP contribution in [0.25, 0.3) is 0 Å². The van der Waals surface area contributed by atoms with E-state index in [0.717, 1.165) is 12.0 Å². The van der Waals surface area contributed by atoms with E-state index in [1.807, 2.05) is 0 Å². The van der Waals surface area contributed by atoms with E-state index < -0.39 is 16.3 Å². The third-order valence-corrected chi connectivity index (χ3v) is 4.36. The Labute approximate surface area is 177 Å². The summed E-state index contributed by atoms with van der Waals surface area (Å²) in [7, 11) is -4.54. The number of carbonyl (C=O) groups is 1. The molecule has 1 heterocycles. The summed E-state index contributed by atoms with van der Waals surface area (Å²) in [5.74, 6) is -1.26. The Hall–Kier alpha value is -3.16. The van der Waals surface area contributed by atoms with E-state index in [2.05, 4.69) is 24.8 Å². The Balaban J connectivity index is 1.71. The van der Waals surface area contributed by atoms with Gasteiger partial charge < -0.3 is 21.0 Å². The molecule has 162 valence electrons. The number of rotatable bonds is 8. The maximum atomic E-state index is 12.1. The SMILES string of the molecule is N=C(NCCCCc1ccc(OS(=O)(=O)O)cc1)NC(=O)c1nc(Cl)c(N)nc1N. The van der Waals surface area contributed by atoms with Gasteiger partial charge in [0.2, 0.25) is 0 Å². The Morgan fingerprint density at radius 1 is 1.17 bits per heavy atom. The van der Waals surface area contributed by atoms with Gasteiger partial charge in [0.15, 0.2) is 28.4 Å². The number of nitrogen functional groups attached to an aromatic ring is 2. The fraction of sp³-hybridized carbons (Fsp3) is 0.250. The van der Waals surface area contributed by atoms with Gasteiger partial charge in [0, 0.05) is 6.54 Å². The third-order valence-electron chi connectivity index (χ3n) is 3.68. The molecule has 0 fully saturated rings. The van der Waals surface area contributed by atoms with Gasteiger partial charge in [-0.1, -0.05) is 23.7 Å². The highest BCUT2D eigenvalue weighted by Gasteiger charge is 2.17. The molecule has 0 atom stereocenters. The number of aryl methyl sites for hydroxylation is 1. The molecule has 1 aromatic heterocycles. The van der Waals surface area contributed by atoms with Crippen LogP contribution in [0.1, 0.15) is 28.9 Å². The summed E-state index contributed by atoms with van der Waals surface area (Å²) in [6, 6.07) is 6.23. The van der Waals surface area contributed by atoms with E-state index in [1.54, 1.807) is 12.1 Å². The van der Waals surface area contributed by atoms with Gasteiger partial charge in [-0.25, -0.2) is 9.97 Å². The number of carbonyl (C=O) groups excluding carboxylic acids is 1. The molecule has 8 N–H and O–H groups in total. The number of guanidine groups is 1. The maximum Gasteiger partial charge on any atom is 0.446 e. The fourth-order valence-corrected chi connectivity index (χ4v) is 2.81. The van der Waals surface area contributed by atoms with Gasteiger partial charge in [0.25, 0.3) is 5.91 Å². The molecule has 0 bridgehead atoms. The summed E-state index contributed by atoms with van der Waals surface area (Å²) in [6.45, 7) is 0.423. The molecule has 12 nitrogen and oxygen atoms in total. The normalized spacial score (nSPS) is 11.0. The van der Waals surface area contributed by atoms with Crippen LogP contribution < -0.4 is 26.3 Å². The zero-order valence-electron chi connectivity index (χ0n) is 15.6. The number of nitrogens with one attached hydrogen (secondary N) is 3. The molecule has 0 spiro atoms. The lowest BCUT2D eigenvalue weighted by Gasteiger charge is -2.10. The maximum absolute atomic E-state index is 12.1. The summed E-state index contributed by atoms with van der Waals surface area (Å²) < 4.78 is 34.2. The number of halogens is 1. The van der Waals surface area contributed by atoms with Crippen molar-refractivity contribution in [2.24, 2.45) is 0 Å². The third kappa shape index (κ3) is 7.35. The van der Waals surface area contributed by atoms with Crippen LogP contribution in [-0.4, -0.2) is 41.3 Å². The van der Waals surface area contributed by atoms with Crippen molar-refractivity contribution >= 4 is 45.5 Å². The molecule has 14 heteroatoms. The summed E-state index contributed by atoms with van der Waals surface area (Å²) in [4.78, 5) is 19.5. The van der Waals surface area contributed by atoms with Gasteiger partial charge in [0.05, 0.1) is 0 Å². The minimum absolute atomic E-state index is 0.0137. The first-order chi connectivity index (χ1) is 14.0. The lowest BCUT2D eigenvalue weighted by Crippen LogP contribution is -2.41. The van der Waals surface area contributed by atoms with E-state index in [0.29, 0.717) is 19.4 Å². The molecule has 0 unspecified atom stereocenters. The minimum atomic E-state index is -4.54. The predicted octanol–water partition coefficient (Wildman–Crippen LogP) is 0.753. The Kier molecular flexibility index (Phi) is 7.74. The zero-order chi connectivity index (χ0) is 22.3. The molecule has 1 amide bonds. The fourth-order valence-electron chi connectivity index (χ4n) is 2.33. The van der Waals surface area contributed by atoms with Crippen molar-refractivity contribution < 1.29 is 21.9 Å². The molecule has 0 aliphatic heterocycles. The van der Waals surface area contributed by atoms with Crippen molar-refractivity contribution in [3.63, 3.8) is 0 Å². The largest absolute Gasteiger partial charge is 0.446 e. The summed E-state index contributed by atoms with van der Waals surface area (Å²) in [5, 5.41) is 12.6. The minimum Gasteiger partial charge on any atom is -0.382 e. The number of nitrogens with zero attached hydrogens (tertiary/aromatic N) is 2. The zero-order valence-corrected chi connectivity index (χ0v) is 17.1. The van der Waals surface area contributed by atoms with Crippen LogP contribution in [0.2, 0.25) is 5.15 Å². The molecule has 0 aliphatic carbocycles. The van der Waals surface area contributed by atoms with E-state index in [4.69, 9.17) is 33.0 Å². The van der Waals surface area contributed by atoms with Crippen LogP contribution in [0.4, 0.5) is 11.6 Å². The molecule has 30 heavy (non-hydrogen) atoms. The Bertz CT molecular complexity index is 1030. The lowest BCUT2D eigenvalue weighted by molar-refractivity contribution is 0.0971. The first-order valence-electron chi connectivity index (χ1n) is 8.53. The van der Waals surface area contributed by atoms with Crippen molar-refractivity contribution in [3.05, 3.63) is 40.7 Å². The number of anilines is 2. The van der Waals surface area contributed by atoms with Crippen molar-refractivity contribution in [3.8, 4) is 5.75 Å². The van der Waals surface area contributed by atoms with Crippen LogP contribution in [0.15, 0.2) is 24.3 Å². The number of benzene rings is 1. The molecule has 0 saturated carbocycles. The highest BCUT2D eigenvalue weighted by atomic mass is 35.5. The average Bonchev–Trinajstić information content (AvgIpc) is 2.64. The van der Waals surface area contributed by atoms with Gasteiger partial charge in [-0.05, 0) is 37.0 Å². The van der Waals surface area contributed by atoms with Crippen LogP contribution in [0.5, 0.6) is 5.75 Å². The second-order valence-electron chi connectivity index (χ2n) is 6.00. The molecule has 2 aromatic rings. The molecule has 2 rings (SSSR count). The highest BCUT2D eigenvalue weighted by molar-refractivity contribution is 7.81. The molecule has 0 radical (unpaired) electrons. The van der Waals surface area contributed by atoms with Crippen molar-refractivity contribution in [1.82, 2.24) is 20.6 Å². The van der Waals surface area contributed by atoms with Crippen LogP contribution in [-0.2, 0) is 16.8 Å². The van der Waals surface area contributed by atoms with Crippen molar-refractivity contribution in [1.29, 1.82) is 5.41 Å². The lowest BCUT2D eigenvalue weighted by atomic mass is 10.1. The van der Waals surface area contributed by atoms with Crippen molar-refractivity contribution in [2.45, 2.75) is 19.3 Å². The number of amides is 1. The smallest absolute Gasteiger partial charge is 0.382 e. The van der Waals surface area contributed by atoms with Gasteiger partial charge in [0.1, 0.15) is 5.75 Å². The Morgan fingerprint density at radius 2 is 1.83 bits per heavy atom. The van der Waals surface area contributed by atoms with Gasteiger partial charge >= 0.3 is 10.4 Å². The molecule has 1 aromatic carbocycles. The summed E-state index contributed by atoms with van der Waals surface area (Å²) in [6.07, 6.45) is 2.15. The average molecular weight is 458 g/mol. The second kappa shape index (κ2) is 10.0. The number of hydrogen-bond donors (Lipinski definition) is 6. The van der Waals surface area contributed by atoms with Crippen LogP contribution in [0.3, 0.4) is 0 Å². The van der Waals surface area contributed by atoms with E-state index >= 15 is 0 Å². The monoisotopic (exact) mass is 457 g/mol. The highest BCUT2D eigenvalue weighted by Crippen LogP contribution is 2.17. The molecular formula is C16H20ClN7O5S. The summed E-state index contributed by atoms with van der Waals surface area (Å²) in [5.41, 5.74) is 11.7. The summed E-state index contributed by atoms with van der Waals surface area (Å²) >= 11 is 5.72. The first kappa shape index (κ1) is 23.1. The van der Waals surface area contributed by atoms with E-state index in [1.165, 1.54) is 12.1 Å². The van der Waals surface area contributed by atoms with E-state index in [-0.39, 0.29) is 34.2 Å². The van der Waals surface area contributed by atoms with Gasteiger partial charge in [-0.15, -0.1) is 0 Å². The standard InChI is InChI=1S/C16H20ClN7O5S/c17-12-14(19)23-13(18)11(22-12)15(25)24-16(20)21-8-2-1-3-9-4-6-10(7-5-9)29-30(26,27)28/h4-7H,1-3,8H2,(H4,18,19,23)(H,26,27,28)(H3,20,21,24,25). The molecular weight excluding hydrogens is 438 g/mol.